The molecule has 0 radical (unpaired) electrons. The second kappa shape index (κ2) is 2.74. The van der Waals surface area contributed by atoms with Crippen LogP contribution in [0.25, 0.3) is 0 Å². The van der Waals surface area contributed by atoms with Crippen molar-refractivity contribution in [3.8, 4) is 0 Å². The second-order valence-electron chi connectivity index (χ2n) is 1.88. The molecule has 0 spiro atoms. The fraction of sp³-hybridized carbons (Fsp3) is 1.00. The van der Waals surface area contributed by atoms with Gasteiger partial charge >= 0.3 is 7.60 Å². The number of aliphatic hydroxyl groups is 1. The number of aliphatic hydroxyl groups excluding tert-OH is 1. The van der Waals surface area contributed by atoms with Crippen LogP contribution in [-0.2, 0) is 9.13 Å². The van der Waals surface area contributed by atoms with Gasteiger partial charge in [0.15, 0.2) is 0 Å². The van der Waals surface area contributed by atoms with Crippen molar-refractivity contribution in [1.29, 1.82) is 0 Å². The first-order chi connectivity index (χ1) is 4.15. The molecule has 0 bridgehead atoms. The van der Waals surface area contributed by atoms with E-state index in [1.165, 1.54) is 0 Å². The highest BCUT2D eigenvalue weighted by Gasteiger charge is 2.38. The molecule has 0 aromatic heterocycles. The lowest BCUT2D eigenvalue weighted by Crippen LogP contribution is -2.06. The number of hydrogen-bond donors (Lipinski definition) is 4. The largest absolute Gasteiger partial charge is 0.372 e. The number of hydrogen-bond acceptors (Lipinski definition) is 3. The molecule has 0 aliphatic carbocycles. The Morgan fingerprint density at radius 3 is 1.50 bits per heavy atom. The Morgan fingerprint density at radius 2 is 1.50 bits per heavy atom. The lowest BCUT2D eigenvalue weighted by Gasteiger charge is -2.14. The molecule has 6 nitrogen and oxygen atoms in total. The van der Waals surface area contributed by atoms with E-state index in [-0.39, 0.29) is 0 Å². The van der Waals surface area contributed by atoms with Crippen molar-refractivity contribution in [1.82, 2.24) is 0 Å². The maximum atomic E-state index is 10.4. The van der Waals surface area contributed by atoms with Gasteiger partial charge in [-0.2, -0.15) is 0 Å². The smallest absolute Gasteiger partial charge is 0.363 e. The van der Waals surface area contributed by atoms with E-state index in [9.17, 15) is 9.13 Å². The van der Waals surface area contributed by atoms with Crippen LogP contribution in [0.3, 0.4) is 0 Å². The van der Waals surface area contributed by atoms with Crippen LogP contribution in [0.15, 0.2) is 0 Å². The Kier molecular flexibility index (Phi) is 2.82. The Hall–Kier alpha value is 0.300. The van der Waals surface area contributed by atoms with Gasteiger partial charge < -0.3 is 19.8 Å². The molecule has 8 heteroatoms. The quantitative estimate of drug-likeness (QED) is 0.429. The third-order valence-corrected chi connectivity index (χ3v) is 4.38. The van der Waals surface area contributed by atoms with Gasteiger partial charge in [0.2, 0.25) is 13.0 Å². The molecule has 0 rings (SSSR count). The van der Waals surface area contributed by atoms with Gasteiger partial charge in [0.05, 0.1) is 0 Å². The van der Waals surface area contributed by atoms with Gasteiger partial charge in [-0.25, -0.2) is 0 Å². The van der Waals surface area contributed by atoms with Crippen molar-refractivity contribution in [2.75, 3.05) is 6.66 Å². The predicted octanol–water partition coefficient (Wildman–Crippen LogP) is -0.660. The topological polar surface area (TPSA) is 115 Å². The minimum atomic E-state index is -4.84. The van der Waals surface area contributed by atoms with Crippen LogP contribution >= 0.6 is 15.0 Å². The first kappa shape index (κ1) is 10.3. The summed E-state index contributed by atoms with van der Waals surface area (Å²) in [4.78, 5) is 24.7. The van der Waals surface area contributed by atoms with Crippen LogP contribution in [0.4, 0.5) is 0 Å². The van der Waals surface area contributed by atoms with Crippen LogP contribution in [0, 0.1) is 0 Å². The molecule has 0 aliphatic rings. The van der Waals surface area contributed by atoms with Gasteiger partial charge in [0.25, 0.3) is 0 Å². The standard InChI is InChI=1S/C2H8O6P2/c1-9(4,5)2(3)10(6,7)8/h2-3H,1H3,(H,4,5)(H2,6,7,8). The van der Waals surface area contributed by atoms with Gasteiger partial charge in [-0.3, -0.25) is 9.13 Å². The predicted molar refractivity (Wildman–Crippen MR) is 33.8 cm³/mol. The average Bonchev–Trinajstić information content (AvgIpc) is 1.59. The third-order valence-electron chi connectivity index (χ3n) is 0.729. The van der Waals surface area contributed by atoms with Crippen molar-refractivity contribution in [3.05, 3.63) is 0 Å². The first-order valence-electron chi connectivity index (χ1n) is 2.19. The molecule has 2 atom stereocenters. The van der Waals surface area contributed by atoms with Crippen molar-refractivity contribution in [3.63, 3.8) is 0 Å². The third kappa shape index (κ3) is 2.92. The molecule has 4 N–H and O–H groups in total. The first-order valence-corrected chi connectivity index (χ1v) is 6.04. The van der Waals surface area contributed by atoms with Gasteiger partial charge in [0, 0.05) is 6.66 Å². The van der Waals surface area contributed by atoms with Crippen molar-refractivity contribution in [2.24, 2.45) is 0 Å². The fourth-order valence-electron chi connectivity index (χ4n) is 0.279. The van der Waals surface area contributed by atoms with Crippen LogP contribution in [0.5, 0.6) is 0 Å². The highest BCUT2D eigenvalue weighted by molar-refractivity contribution is 7.73. The zero-order chi connectivity index (χ0) is 8.58. The lowest BCUT2D eigenvalue weighted by atomic mass is 11.7. The summed E-state index contributed by atoms with van der Waals surface area (Å²) < 4.78 is 20.5. The lowest BCUT2D eigenvalue weighted by molar-refractivity contribution is 0.244. The molecular formula is C2H8O6P2. The summed E-state index contributed by atoms with van der Waals surface area (Å²) in [6, 6.07) is 0. The summed E-state index contributed by atoms with van der Waals surface area (Å²) >= 11 is 0. The zero-order valence-electron chi connectivity index (χ0n) is 5.08. The maximum absolute atomic E-state index is 10.4. The minimum Gasteiger partial charge on any atom is -0.372 e. The van der Waals surface area contributed by atoms with Crippen molar-refractivity contribution < 1.29 is 28.9 Å². The van der Waals surface area contributed by atoms with Gasteiger partial charge in [-0.15, -0.1) is 0 Å². The summed E-state index contributed by atoms with van der Waals surface area (Å²) in [5.74, 6) is 0. The van der Waals surface area contributed by atoms with Crippen molar-refractivity contribution >= 4 is 15.0 Å². The molecule has 62 valence electrons. The van der Waals surface area contributed by atoms with E-state index in [1.54, 1.807) is 0 Å². The molecule has 0 saturated carbocycles. The molecule has 0 heterocycles. The Balaban J connectivity index is 4.56. The molecule has 0 aliphatic heterocycles. The van der Waals surface area contributed by atoms with E-state index < -0.39 is 20.6 Å². The zero-order valence-corrected chi connectivity index (χ0v) is 6.87. The summed E-state index contributed by atoms with van der Waals surface area (Å²) in [6.45, 7) is 0.677. The highest BCUT2D eigenvalue weighted by Crippen LogP contribution is 2.58. The fourth-order valence-corrected chi connectivity index (χ4v) is 2.51. The van der Waals surface area contributed by atoms with Crippen LogP contribution in [0.2, 0.25) is 0 Å². The van der Waals surface area contributed by atoms with E-state index in [4.69, 9.17) is 19.8 Å². The summed E-state index contributed by atoms with van der Waals surface area (Å²) in [5, 5.41) is 8.45. The number of rotatable bonds is 2. The normalized spacial score (nSPS) is 21.7. The van der Waals surface area contributed by atoms with E-state index >= 15 is 0 Å². The van der Waals surface area contributed by atoms with Gasteiger partial charge in [0.1, 0.15) is 0 Å². The molecule has 0 amide bonds. The molecule has 0 aromatic carbocycles. The van der Waals surface area contributed by atoms with E-state index in [2.05, 4.69) is 0 Å². The van der Waals surface area contributed by atoms with Crippen LogP contribution < -0.4 is 0 Å². The maximum Gasteiger partial charge on any atom is 0.363 e. The van der Waals surface area contributed by atoms with E-state index in [1.807, 2.05) is 0 Å². The molecule has 0 fully saturated rings. The summed E-state index contributed by atoms with van der Waals surface area (Å²) in [6.07, 6.45) is 0. The van der Waals surface area contributed by atoms with Crippen LogP contribution in [0.1, 0.15) is 0 Å². The van der Waals surface area contributed by atoms with Gasteiger partial charge in [-0.1, -0.05) is 0 Å². The molecule has 2 unspecified atom stereocenters. The monoisotopic (exact) mass is 190 g/mol. The SMILES string of the molecule is CP(=O)(O)C(O)P(=O)(O)O. The average molecular weight is 190 g/mol. The Labute approximate surface area is 57.1 Å². The van der Waals surface area contributed by atoms with E-state index in [0.29, 0.717) is 6.66 Å². The molecule has 10 heavy (non-hydrogen) atoms. The van der Waals surface area contributed by atoms with E-state index in [0.717, 1.165) is 0 Å². The van der Waals surface area contributed by atoms with Crippen LogP contribution in [-0.4, -0.2) is 32.0 Å². The Morgan fingerprint density at radius 1 is 1.20 bits per heavy atom. The highest BCUT2D eigenvalue weighted by atomic mass is 31.2. The van der Waals surface area contributed by atoms with Crippen molar-refractivity contribution in [2.45, 2.75) is 5.59 Å². The summed E-state index contributed by atoms with van der Waals surface area (Å²) in [5.41, 5.74) is -2.46. The molecule has 0 saturated heterocycles. The molecular weight excluding hydrogens is 182 g/mol. The van der Waals surface area contributed by atoms with Gasteiger partial charge in [-0.05, 0) is 0 Å². The second-order valence-corrected chi connectivity index (χ2v) is 6.33. The minimum absolute atomic E-state index is 0.677. The summed E-state index contributed by atoms with van der Waals surface area (Å²) in [7, 11) is -8.92. The molecule has 0 aromatic rings. The Bertz CT molecular complexity index is 176.